The number of aryl methyl sites for hydroxylation is 2. The van der Waals surface area contributed by atoms with Gasteiger partial charge < -0.3 is 4.57 Å². The zero-order valence-electron chi connectivity index (χ0n) is 14.7. The zero-order chi connectivity index (χ0) is 17.5. The Bertz CT molecular complexity index is 936. The van der Waals surface area contributed by atoms with Crippen molar-refractivity contribution in [1.82, 2.24) is 24.4 Å². The van der Waals surface area contributed by atoms with Crippen LogP contribution in [0.5, 0.6) is 0 Å². The molecule has 0 radical (unpaired) electrons. The number of hydrogen-bond donors (Lipinski definition) is 0. The van der Waals surface area contributed by atoms with Crippen molar-refractivity contribution in [3.63, 3.8) is 0 Å². The summed E-state index contributed by atoms with van der Waals surface area (Å²) in [4.78, 5) is 16.0. The summed E-state index contributed by atoms with van der Waals surface area (Å²) in [6, 6.07) is 4.50. The van der Waals surface area contributed by atoms with Crippen LogP contribution in [0.4, 0.5) is 4.39 Å². The van der Waals surface area contributed by atoms with Gasteiger partial charge in [0, 0.05) is 49.2 Å². The predicted octanol–water partition coefficient (Wildman–Crippen LogP) is 3.23. The van der Waals surface area contributed by atoms with E-state index in [0.29, 0.717) is 11.7 Å². The second-order valence-corrected chi connectivity index (χ2v) is 7.23. The van der Waals surface area contributed by atoms with Crippen LogP contribution >= 0.6 is 0 Å². The lowest BCUT2D eigenvalue weighted by atomic mass is 9.98. The third-order valence-corrected chi connectivity index (χ3v) is 5.77. The molecule has 2 aliphatic heterocycles. The monoisotopic (exact) mass is 351 g/mol. The van der Waals surface area contributed by atoms with Crippen molar-refractivity contribution >= 4 is 11.2 Å². The Labute approximate surface area is 151 Å². The summed E-state index contributed by atoms with van der Waals surface area (Å²) in [5, 5.41) is 0. The van der Waals surface area contributed by atoms with Gasteiger partial charge in [-0.2, -0.15) is 0 Å². The molecule has 6 heteroatoms. The molecule has 0 aliphatic carbocycles. The van der Waals surface area contributed by atoms with E-state index in [-0.39, 0.29) is 0 Å². The third-order valence-electron chi connectivity index (χ3n) is 5.77. The zero-order valence-corrected chi connectivity index (χ0v) is 14.7. The Morgan fingerprint density at radius 3 is 3.04 bits per heavy atom. The molecule has 3 aromatic heterocycles. The van der Waals surface area contributed by atoms with E-state index >= 15 is 0 Å². The first-order chi connectivity index (χ1) is 12.8. The van der Waals surface area contributed by atoms with Crippen LogP contribution in [-0.4, -0.2) is 37.5 Å². The van der Waals surface area contributed by atoms with E-state index in [0.717, 1.165) is 50.1 Å². The molecular formula is C20H22FN5. The molecule has 5 heterocycles. The maximum atomic E-state index is 13.2. The molecule has 3 aromatic rings. The van der Waals surface area contributed by atoms with Crippen molar-refractivity contribution in [1.29, 1.82) is 0 Å². The first-order valence-corrected chi connectivity index (χ1v) is 9.41. The molecule has 0 saturated carbocycles. The van der Waals surface area contributed by atoms with Gasteiger partial charge in [0.05, 0.1) is 11.9 Å². The van der Waals surface area contributed by atoms with Crippen LogP contribution in [0, 0.1) is 0 Å². The van der Waals surface area contributed by atoms with Crippen molar-refractivity contribution in [2.24, 2.45) is 0 Å². The SMILES string of the molecule is FCc1cnc2c(n1)c1c(n2CCc2cccnc2)CCN2CCCC12. The van der Waals surface area contributed by atoms with Gasteiger partial charge in [0.15, 0.2) is 5.65 Å². The minimum absolute atomic E-state index is 0.421. The van der Waals surface area contributed by atoms with E-state index in [2.05, 4.69) is 30.5 Å². The van der Waals surface area contributed by atoms with Crippen molar-refractivity contribution < 1.29 is 4.39 Å². The predicted molar refractivity (Wildman–Crippen MR) is 97.5 cm³/mol. The van der Waals surface area contributed by atoms with Crippen LogP contribution in [0.15, 0.2) is 30.7 Å². The summed E-state index contributed by atoms with van der Waals surface area (Å²) in [7, 11) is 0. The number of fused-ring (bicyclic) bond motifs is 5. The molecule has 1 fully saturated rings. The van der Waals surface area contributed by atoms with Crippen molar-refractivity contribution in [2.45, 2.75) is 44.9 Å². The quantitative estimate of drug-likeness (QED) is 0.724. The number of pyridine rings is 1. The van der Waals surface area contributed by atoms with Gasteiger partial charge in [0.2, 0.25) is 0 Å². The van der Waals surface area contributed by atoms with E-state index in [1.165, 1.54) is 23.2 Å². The molecule has 0 N–H and O–H groups in total. The Hall–Kier alpha value is -2.34. The van der Waals surface area contributed by atoms with Gasteiger partial charge >= 0.3 is 0 Å². The van der Waals surface area contributed by atoms with Crippen LogP contribution < -0.4 is 0 Å². The van der Waals surface area contributed by atoms with Gasteiger partial charge in [-0.05, 0) is 37.4 Å². The fraction of sp³-hybridized carbons (Fsp3) is 0.450. The summed E-state index contributed by atoms with van der Waals surface area (Å²) >= 11 is 0. The number of nitrogens with zero attached hydrogens (tertiary/aromatic N) is 5. The second-order valence-electron chi connectivity index (χ2n) is 7.23. The molecule has 5 rings (SSSR count). The number of hydrogen-bond acceptors (Lipinski definition) is 4. The first-order valence-electron chi connectivity index (χ1n) is 9.41. The molecule has 26 heavy (non-hydrogen) atoms. The van der Waals surface area contributed by atoms with Crippen LogP contribution in [0.3, 0.4) is 0 Å². The molecule has 2 aliphatic rings. The third kappa shape index (κ3) is 2.51. The van der Waals surface area contributed by atoms with Gasteiger partial charge in [-0.25, -0.2) is 14.4 Å². The maximum absolute atomic E-state index is 13.2. The fourth-order valence-electron chi connectivity index (χ4n) is 4.59. The Kier molecular flexibility index (Phi) is 3.93. The minimum atomic E-state index is -0.563. The molecular weight excluding hydrogens is 329 g/mol. The fourth-order valence-corrected chi connectivity index (χ4v) is 4.59. The number of aromatic nitrogens is 4. The Morgan fingerprint density at radius 1 is 1.23 bits per heavy atom. The summed E-state index contributed by atoms with van der Waals surface area (Å²) in [5.74, 6) is 0. The topological polar surface area (TPSA) is 46.8 Å². The molecule has 1 atom stereocenters. The highest BCUT2D eigenvalue weighted by Gasteiger charge is 2.36. The lowest BCUT2D eigenvalue weighted by Gasteiger charge is -2.30. The van der Waals surface area contributed by atoms with Gasteiger partial charge in [0.1, 0.15) is 12.2 Å². The first kappa shape index (κ1) is 15.9. The maximum Gasteiger partial charge on any atom is 0.159 e. The van der Waals surface area contributed by atoms with Gasteiger partial charge in [-0.15, -0.1) is 0 Å². The molecule has 1 unspecified atom stereocenters. The van der Waals surface area contributed by atoms with Gasteiger partial charge in [0.25, 0.3) is 0 Å². The lowest BCUT2D eigenvalue weighted by molar-refractivity contribution is 0.241. The van der Waals surface area contributed by atoms with Crippen LogP contribution in [-0.2, 0) is 26.1 Å². The average molecular weight is 351 g/mol. The Balaban J connectivity index is 1.61. The Morgan fingerprint density at radius 2 is 2.19 bits per heavy atom. The van der Waals surface area contributed by atoms with E-state index < -0.39 is 6.67 Å². The van der Waals surface area contributed by atoms with Gasteiger partial charge in [-0.1, -0.05) is 6.07 Å². The van der Waals surface area contributed by atoms with Crippen LogP contribution in [0.25, 0.3) is 11.2 Å². The molecule has 0 amide bonds. The largest absolute Gasteiger partial charge is 0.328 e. The smallest absolute Gasteiger partial charge is 0.159 e. The molecule has 5 nitrogen and oxygen atoms in total. The molecule has 0 aromatic carbocycles. The molecule has 134 valence electrons. The highest BCUT2D eigenvalue weighted by Crippen LogP contribution is 2.42. The van der Waals surface area contributed by atoms with E-state index in [1.54, 1.807) is 12.4 Å². The average Bonchev–Trinajstić information content (AvgIpc) is 3.28. The van der Waals surface area contributed by atoms with E-state index in [9.17, 15) is 4.39 Å². The van der Waals surface area contributed by atoms with E-state index in [1.807, 2.05) is 12.3 Å². The highest BCUT2D eigenvalue weighted by molar-refractivity contribution is 5.79. The number of halogens is 1. The summed E-state index contributed by atoms with van der Waals surface area (Å²) in [5.41, 5.74) is 6.12. The van der Waals surface area contributed by atoms with Gasteiger partial charge in [-0.3, -0.25) is 9.88 Å². The second kappa shape index (κ2) is 6.43. The van der Waals surface area contributed by atoms with Crippen molar-refractivity contribution in [3.8, 4) is 0 Å². The summed E-state index contributed by atoms with van der Waals surface area (Å²) < 4.78 is 15.5. The summed E-state index contributed by atoms with van der Waals surface area (Å²) in [6.45, 7) is 2.54. The minimum Gasteiger partial charge on any atom is -0.328 e. The lowest BCUT2D eigenvalue weighted by Crippen LogP contribution is -2.31. The number of rotatable bonds is 4. The van der Waals surface area contributed by atoms with E-state index in [4.69, 9.17) is 0 Å². The van der Waals surface area contributed by atoms with Crippen LogP contribution in [0.2, 0.25) is 0 Å². The standard InChI is InChI=1S/C20H22FN5/c21-11-15-13-23-20-19(24-15)18-16-4-2-8-25(16)9-6-17(18)26(20)10-5-14-3-1-7-22-12-14/h1,3,7,12-13,16H,2,4-6,8-11H2. The summed E-state index contributed by atoms with van der Waals surface area (Å²) in [6.07, 6.45) is 9.62. The normalized spacial score (nSPS) is 19.7. The number of alkyl halides is 1. The highest BCUT2D eigenvalue weighted by atomic mass is 19.1. The van der Waals surface area contributed by atoms with Crippen molar-refractivity contribution in [3.05, 3.63) is 53.2 Å². The molecule has 1 saturated heterocycles. The van der Waals surface area contributed by atoms with Crippen molar-refractivity contribution in [2.75, 3.05) is 13.1 Å². The molecule has 0 bridgehead atoms. The molecule has 0 spiro atoms. The van der Waals surface area contributed by atoms with Crippen LogP contribution in [0.1, 0.15) is 41.4 Å².